The number of para-hydroxylation sites is 1. The van der Waals surface area contributed by atoms with E-state index in [0.717, 1.165) is 46.7 Å². The Labute approximate surface area is 187 Å². The van der Waals surface area contributed by atoms with E-state index in [4.69, 9.17) is 14.8 Å². The van der Waals surface area contributed by atoms with E-state index in [0.29, 0.717) is 24.8 Å². The number of ketones is 1. The van der Waals surface area contributed by atoms with Crippen LogP contribution in [0.4, 0.5) is 11.6 Å². The molecule has 0 fully saturated rings. The highest BCUT2D eigenvalue weighted by Crippen LogP contribution is 2.43. The van der Waals surface area contributed by atoms with Gasteiger partial charge in [0.1, 0.15) is 11.8 Å². The van der Waals surface area contributed by atoms with E-state index < -0.39 is 0 Å². The molecule has 2 aliphatic rings. The highest BCUT2D eigenvalue weighted by atomic mass is 16.5. The van der Waals surface area contributed by atoms with Crippen molar-refractivity contribution in [1.29, 1.82) is 0 Å². The summed E-state index contributed by atoms with van der Waals surface area (Å²) < 4.78 is 7.77. The fourth-order valence-corrected chi connectivity index (χ4v) is 4.47. The Hall–Kier alpha value is -3.61. The zero-order chi connectivity index (χ0) is 22.2. The molecule has 1 aliphatic heterocycles. The van der Waals surface area contributed by atoms with Crippen LogP contribution in [0.2, 0.25) is 0 Å². The second kappa shape index (κ2) is 8.15. The molecule has 1 aromatic heterocycles. The molecule has 164 valence electrons. The molecule has 0 saturated carbocycles. The smallest absolute Gasteiger partial charge is 0.226 e. The number of carbonyl (C=O) groups excluding carboxylic acids is 1. The average molecular weight is 430 g/mol. The number of hydrogen-bond donors (Lipinski definition) is 1. The van der Waals surface area contributed by atoms with Crippen LogP contribution in [0.5, 0.6) is 5.75 Å². The van der Waals surface area contributed by atoms with Crippen LogP contribution in [0, 0.1) is 0 Å². The summed E-state index contributed by atoms with van der Waals surface area (Å²) in [7, 11) is 4.03. The molecular formula is C25H27N5O2. The maximum Gasteiger partial charge on any atom is 0.226 e. The number of rotatable bonds is 5. The number of aromatic nitrogens is 3. The van der Waals surface area contributed by atoms with Crippen LogP contribution in [-0.2, 0) is 4.79 Å². The lowest BCUT2D eigenvalue weighted by Gasteiger charge is -2.32. The van der Waals surface area contributed by atoms with Gasteiger partial charge in [0.05, 0.1) is 6.61 Å². The minimum atomic E-state index is -0.362. The van der Waals surface area contributed by atoms with E-state index in [1.54, 1.807) is 0 Å². The summed E-state index contributed by atoms with van der Waals surface area (Å²) >= 11 is 0. The molecule has 0 radical (unpaired) electrons. The third-order valence-corrected chi connectivity index (χ3v) is 6.02. The van der Waals surface area contributed by atoms with Gasteiger partial charge in [-0.3, -0.25) is 4.79 Å². The van der Waals surface area contributed by atoms with Crippen molar-refractivity contribution in [2.75, 3.05) is 30.9 Å². The van der Waals surface area contributed by atoms with Crippen molar-refractivity contribution in [3.05, 3.63) is 65.4 Å². The Bertz CT molecular complexity index is 1190. The first-order valence-corrected chi connectivity index (χ1v) is 11.1. The summed E-state index contributed by atoms with van der Waals surface area (Å²) in [5.74, 6) is 2.21. The number of benzene rings is 2. The van der Waals surface area contributed by atoms with Crippen molar-refractivity contribution >= 4 is 17.4 Å². The maximum absolute atomic E-state index is 13.1. The molecule has 0 bridgehead atoms. The first kappa shape index (κ1) is 20.3. The molecule has 3 aromatic rings. The average Bonchev–Trinajstić information content (AvgIpc) is 3.22. The topological polar surface area (TPSA) is 72.3 Å². The quantitative estimate of drug-likeness (QED) is 0.647. The van der Waals surface area contributed by atoms with Crippen molar-refractivity contribution < 1.29 is 9.53 Å². The van der Waals surface area contributed by atoms with Crippen LogP contribution >= 0.6 is 0 Å². The SMILES string of the molecule is CCOc1ccccc1C1C2=C(CCCC2=O)Nc2nc(-c3ccc(N(C)C)cc3)nn21. The Balaban J connectivity index is 1.64. The molecule has 32 heavy (non-hydrogen) atoms. The second-order valence-electron chi connectivity index (χ2n) is 8.31. The predicted octanol–water partition coefficient (Wildman–Crippen LogP) is 4.43. The third kappa shape index (κ3) is 3.43. The van der Waals surface area contributed by atoms with Gasteiger partial charge in [0.25, 0.3) is 0 Å². The fraction of sp³-hybridized carbons (Fsp3) is 0.320. The Morgan fingerprint density at radius 1 is 1.12 bits per heavy atom. The van der Waals surface area contributed by atoms with Crippen LogP contribution in [0.15, 0.2) is 59.8 Å². The number of anilines is 2. The van der Waals surface area contributed by atoms with Crippen molar-refractivity contribution in [3.63, 3.8) is 0 Å². The molecule has 5 rings (SSSR count). The Kier molecular flexibility index (Phi) is 5.17. The molecule has 1 aliphatic carbocycles. The van der Waals surface area contributed by atoms with Gasteiger partial charge >= 0.3 is 0 Å². The van der Waals surface area contributed by atoms with Crippen molar-refractivity contribution in [3.8, 4) is 17.1 Å². The number of hydrogen-bond acceptors (Lipinski definition) is 6. The van der Waals surface area contributed by atoms with Gasteiger partial charge in [0, 0.05) is 48.6 Å². The zero-order valence-corrected chi connectivity index (χ0v) is 18.6. The van der Waals surface area contributed by atoms with Gasteiger partial charge in [-0.1, -0.05) is 18.2 Å². The van der Waals surface area contributed by atoms with Gasteiger partial charge in [-0.25, -0.2) is 4.68 Å². The lowest BCUT2D eigenvalue weighted by atomic mass is 9.85. The lowest BCUT2D eigenvalue weighted by molar-refractivity contribution is -0.116. The first-order chi connectivity index (χ1) is 15.6. The molecule has 0 amide bonds. The van der Waals surface area contributed by atoms with Gasteiger partial charge in [0.2, 0.25) is 5.95 Å². The third-order valence-electron chi connectivity index (χ3n) is 6.02. The normalized spacial score (nSPS) is 17.5. The molecule has 2 heterocycles. The van der Waals surface area contributed by atoms with E-state index >= 15 is 0 Å². The molecule has 2 aromatic carbocycles. The Morgan fingerprint density at radius 3 is 2.66 bits per heavy atom. The number of carbonyl (C=O) groups is 1. The predicted molar refractivity (Wildman–Crippen MR) is 125 cm³/mol. The number of allylic oxidation sites excluding steroid dienone is 2. The molecule has 0 saturated heterocycles. The standard InChI is InChI=1S/C25H27N5O2/c1-4-32-21-11-6-5-8-18(21)23-22-19(9-7-10-20(22)31)26-25-27-24(28-30(23)25)16-12-14-17(15-13-16)29(2)3/h5-6,8,11-15,23H,4,7,9-10H2,1-3H3,(H,26,27,28). The van der Waals surface area contributed by atoms with E-state index in [1.807, 2.05) is 62.1 Å². The molecule has 1 atom stereocenters. The zero-order valence-electron chi connectivity index (χ0n) is 18.6. The van der Waals surface area contributed by atoms with Gasteiger partial charge < -0.3 is 15.0 Å². The molecule has 1 N–H and O–H groups in total. The monoisotopic (exact) mass is 429 g/mol. The minimum Gasteiger partial charge on any atom is -0.494 e. The van der Waals surface area contributed by atoms with Crippen LogP contribution < -0.4 is 15.0 Å². The summed E-state index contributed by atoms with van der Waals surface area (Å²) in [6.45, 7) is 2.52. The van der Waals surface area contributed by atoms with Crippen LogP contribution in [0.3, 0.4) is 0 Å². The van der Waals surface area contributed by atoms with Crippen LogP contribution in [0.25, 0.3) is 11.4 Å². The summed E-state index contributed by atoms with van der Waals surface area (Å²) in [6, 6.07) is 15.7. The number of ether oxygens (including phenoxy) is 1. The Morgan fingerprint density at radius 2 is 1.91 bits per heavy atom. The van der Waals surface area contributed by atoms with Gasteiger partial charge in [-0.15, -0.1) is 5.10 Å². The van der Waals surface area contributed by atoms with Crippen LogP contribution in [-0.4, -0.2) is 41.2 Å². The summed E-state index contributed by atoms with van der Waals surface area (Å²) in [5.41, 5.74) is 4.70. The van der Waals surface area contributed by atoms with E-state index in [2.05, 4.69) is 22.3 Å². The summed E-state index contributed by atoms with van der Waals surface area (Å²) in [4.78, 5) is 19.9. The van der Waals surface area contributed by atoms with Crippen molar-refractivity contribution in [2.24, 2.45) is 0 Å². The largest absolute Gasteiger partial charge is 0.494 e. The minimum absolute atomic E-state index is 0.160. The summed E-state index contributed by atoms with van der Waals surface area (Å²) in [6.07, 6.45) is 2.22. The number of Topliss-reactive ketones (excluding diaryl/α,β-unsaturated/α-hetero) is 1. The molecule has 1 unspecified atom stereocenters. The fourth-order valence-electron chi connectivity index (χ4n) is 4.47. The summed E-state index contributed by atoms with van der Waals surface area (Å²) in [5, 5.41) is 8.27. The van der Waals surface area contributed by atoms with Crippen molar-refractivity contribution in [1.82, 2.24) is 14.8 Å². The maximum atomic E-state index is 13.1. The van der Waals surface area contributed by atoms with Gasteiger partial charge in [0.15, 0.2) is 11.6 Å². The number of nitrogens with zero attached hydrogens (tertiary/aromatic N) is 4. The number of nitrogens with one attached hydrogen (secondary N) is 1. The van der Waals surface area contributed by atoms with Crippen molar-refractivity contribution in [2.45, 2.75) is 32.2 Å². The molecular weight excluding hydrogens is 402 g/mol. The second-order valence-corrected chi connectivity index (χ2v) is 8.31. The molecule has 0 spiro atoms. The lowest BCUT2D eigenvalue weighted by Crippen LogP contribution is -2.31. The van der Waals surface area contributed by atoms with Crippen LogP contribution in [0.1, 0.15) is 37.8 Å². The first-order valence-electron chi connectivity index (χ1n) is 11.1. The molecule has 7 heteroatoms. The van der Waals surface area contributed by atoms with Gasteiger partial charge in [-0.2, -0.15) is 4.98 Å². The number of fused-ring (bicyclic) bond motifs is 1. The van der Waals surface area contributed by atoms with E-state index in [9.17, 15) is 4.79 Å². The van der Waals surface area contributed by atoms with E-state index in [1.165, 1.54) is 0 Å². The molecule has 7 nitrogen and oxygen atoms in total. The highest BCUT2D eigenvalue weighted by Gasteiger charge is 2.38. The van der Waals surface area contributed by atoms with E-state index in [-0.39, 0.29) is 11.8 Å². The highest BCUT2D eigenvalue weighted by molar-refractivity contribution is 5.99. The van der Waals surface area contributed by atoms with Gasteiger partial charge in [-0.05, 0) is 50.1 Å².